The first-order valence-corrected chi connectivity index (χ1v) is 4.52. The fourth-order valence-corrected chi connectivity index (χ4v) is 0.678. The van der Waals surface area contributed by atoms with Crippen LogP contribution in [0.5, 0.6) is 0 Å². The molecule has 0 fully saturated rings. The van der Waals surface area contributed by atoms with Crippen LogP contribution < -0.4 is 11.5 Å². The number of aromatic nitrogens is 1. The zero-order valence-corrected chi connectivity index (χ0v) is 9.40. The summed E-state index contributed by atoms with van der Waals surface area (Å²) in [7, 11) is 0. The Balaban J connectivity index is 0.000000360. The highest BCUT2D eigenvalue weighted by atomic mass is 35.5. The van der Waals surface area contributed by atoms with Gasteiger partial charge in [-0.15, -0.1) is 0 Å². The number of pyridine rings is 1. The summed E-state index contributed by atoms with van der Waals surface area (Å²) in [5, 5.41) is 7.68. The van der Waals surface area contributed by atoms with Gasteiger partial charge in [-0.25, -0.2) is 9.78 Å². The van der Waals surface area contributed by atoms with Crippen molar-refractivity contribution < 1.29 is 23.1 Å². The first-order chi connectivity index (χ1) is 8.12. The van der Waals surface area contributed by atoms with E-state index in [2.05, 4.69) is 9.98 Å². The number of aliphatic imine (C=N–C) groups is 1. The number of nitrogens with zero attached hydrogens (tertiary/aromatic N) is 2. The van der Waals surface area contributed by atoms with E-state index in [0.717, 1.165) is 0 Å². The molecule has 0 bridgehead atoms. The van der Waals surface area contributed by atoms with Crippen molar-refractivity contribution in [2.45, 2.75) is 6.18 Å². The summed E-state index contributed by atoms with van der Waals surface area (Å²) in [6, 6.07) is 3.29. The third-order valence-electron chi connectivity index (χ3n) is 1.20. The van der Waals surface area contributed by atoms with Crippen molar-refractivity contribution in [1.29, 1.82) is 0 Å². The summed E-state index contributed by atoms with van der Waals surface area (Å²) in [6.07, 6.45) is -3.61. The molecule has 0 atom stereocenters. The van der Waals surface area contributed by atoms with Crippen LogP contribution in [0.4, 0.5) is 19.0 Å². The van der Waals surface area contributed by atoms with Gasteiger partial charge in [0.25, 0.3) is 0 Å². The van der Waals surface area contributed by atoms with Gasteiger partial charge in [0.2, 0.25) is 0 Å². The molecule has 0 unspecified atom stereocenters. The molecule has 0 spiro atoms. The largest absolute Gasteiger partial charge is 0.490 e. The predicted molar refractivity (Wildman–Crippen MR) is 58.4 cm³/mol. The Morgan fingerprint density at radius 3 is 2.17 bits per heavy atom. The molecule has 0 aromatic carbocycles. The number of guanidine groups is 1. The summed E-state index contributed by atoms with van der Waals surface area (Å²) < 4.78 is 31.7. The number of rotatable bonds is 1. The number of carbonyl (C=O) groups is 1. The molecule has 0 amide bonds. The van der Waals surface area contributed by atoms with E-state index in [1.54, 1.807) is 12.1 Å². The highest BCUT2D eigenvalue weighted by Gasteiger charge is 2.38. The van der Waals surface area contributed by atoms with Crippen LogP contribution >= 0.6 is 11.6 Å². The standard InChI is InChI=1S/C6H7ClN4.C2HF3O2/c7-4-1-2-5(10-3-4)11-6(8)9;3-2(4,5)1(6)7/h1-3H,(H4,8,9,10,11);(H,6,7). The summed E-state index contributed by atoms with van der Waals surface area (Å²) in [6.45, 7) is 0. The molecular formula is C8H8ClF3N4O2. The number of carboxylic acids is 1. The van der Waals surface area contributed by atoms with E-state index in [4.69, 9.17) is 33.0 Å². The van der Waals surface area contributed by atoms with Gasteiger partial charge in [-0.1, -0.05) is 11.6 Å². The molecule has 10 heteroatoms. The maximum atomic E-state index is 10.6. The Labute approximate surface area is 104 Å². The fraction of sp³-hybridized carbons (Fsp3) is 0.125. The lowest BCUT2D eigenvalue weighted by atomic mass is 10.5. The summed E-state index contributed by atoms with van der Waals surface area (Å²) in [5.74, 6) is -2.32. The van der Waals surface area contributed by atoms with E-state index in [0.29, 0.717) is 10.8 Å². The quantitative estimate of drug-likeness (QED) is 0.531. The zero-order chi connectivity index (χ0) is 14.3. The normalized spacial score (nSPS) is 10.0. The monoisotopic (exact) mass is 284 g/mol. The molecule has 6 nitrogen and oxygen atoms in total. The van der Waals surface area contributed by atoms with Crippen LogP contribution in [0.1, 0.15) is 0 Å². The van der Waals surface area contributed by atoms with Gasteiger partial charge in [0.1, 0.15) is 0 Å². The van der Waals surface area contributed by atoms with Crippen molar-refractivity contribution in [3.05, 3.63) is 23.4 Å². The molecule has 0 saturated carbocycles. The lowest BCUT2D eigenvalue weighted by Gasteiger charge is -1.93. The van der Waals surface area contributed by atoms with Crippen LogP contribution in [0.3, 0.4) is 0 Å². The number of hydrogen-bond donors (Lipinski definition) is 3. The van der Waals surface area contributed by atoms with Gasteiger partial charge < -0.3 is 16.6 Å². The van der Waals surface area contributed by atoms with Gasteiger partial charge in [-0.3, -0.25) is 0 Å². The van der Waals surface area contributed by atoms with Crippen molar-refractivity contribution in [1.82, 2.24) is 4.98 Å². The highest BCUT2D eigenvalue weighted by molar-refractivity contribution is 6.30. The molecule has 0 aliphatic carbocycles. The van der Waals surface area contributed by atoms with Crippen LogP contribution in [0.2, 0.25) is 5.02 Å². The molecule has 1 rings (SSSR count). The van der Waals surface area contributed by atoms with Gasteiger partial charge in [-0.2, -0.15) is 18.2 Å². The lowest BCUT2D eigenvalue weighted by Crippen LogP contribution is -2.21. The average Bonchev–Trinajstić information content (AvgIpc) is 2.20. The van der Waals surface area contributed by atoms with Crippen molar-refractivity contribution >= 4 is 29.3 Å². The number of carboxylic acid groups (broad SMARTS) is 1. The van der Waals surface area contributed by atoms with E-state index in [-0.39, 0.29) is 5.96 Å². The van der Waals surface area contributed by atoms with Crippen LogP contribution in [0.15, 0.2) is 23.3 Å². The molecule has 1 aromatic heterocycles. The highest BCUT2D eigenvalue weighted by Crippen LogP contribution is 2.13. The summed E-state index contributed by atoms with van der Waals surface area (Å²) in [5.41, 5.74) is 10.2. The molecule has 0 aliphatic rings. The topological polar surface area (TPSA) is 115 Å². The maximum Gasteiger partial charge on any atom is 0.490 e. The lowest BCUT2D eigenvalue weighted by molar-refractivity contribution is -0.192. The van der Waals surface area contributed by atoms with Crippen molar-refractivity contribution in [2.75, 3.05) is 0 Å². The van der Waals surface area contributed by atoms with Crippen molar-refractivity contribution in [2.24, 2.45) is 16.5 Å². The Morgan fingerprint density at radius 2 is 1.89 bits per heavy atom. The molecule has 1 aromatic rings. The van der Waals surface area contributed by atoms with Gasteiger partial charge in [0, 0.05) is 6.20 Å². The number of alkyl halides is 3. The van der Waals surface area contributed by atoms with E-state index in [1.165, 1.54) is 6.20 Å². The van der Waals surface area contributed by atoms with E-state index < -0.39 is 12.1 Å². The molecule has 1 heterocycles. The maximum absolute atomic E-state index is 10.6. The van der Waals surface area contributed by atoms with Crippen molar-refractivity contribution in [3.63, 3.8) is 0 Å². The predicted octanol–water partition coefficient (Wildman–Crippen LogP) is 1.27. The van der Waals surface area contributed by atoms with Gasteiger partial charge in [0.05, 0.1) is 5.02 Å². The number of hydrogen-bond acceptors (Lipinski definition) is 3. The van der Waals surface area contributed by atoms with Crippen LogP contribution in [0, 0.1) is 0 Å². The van der Waals surface area contributed by atoms with Crippen LogP contribution in [-0.2, 0) is 4.79 Å². The minimum atomic E-state index is -5.08. The van der Waals surface area contributed by atoms with Gasteiger partial charge in [0.15, 0.2) is 11.8 Å². The molecular weight excluding hydrogens is 277 g/mol. The number of aliphatic carboxylic acids is 1. The Hall–Kier alpha value is -2.03. The number of halogens is 4. The third-order valence-corrected chi connectivity index (χ3v) is 1.42. The van der Waals surface area contributed by atoms with Crippen LogP contribution in [0.25, 0.3) is 0 Å². The average molecular weight is 285 g/mol. The molecule has 18 heavy (non-hydrogen) atoms. The van der Waals surface area contributed by atoms with Gasteiger partial charge in [-0.05, 0) is 12.1 Å². The van der Waals surface area contributed by atoms with E-state index in [1.807, 2.05) is 0 Å². The summed E-state index contributed by atoms with van der Waals surface area (Å²) in [4.78, 5) is 16.4. The fourth-order valence-electron chi connectivity index (χ4n) is 0.566. The Morgan fingerprint density at radius 1 is 1.39 bits per heavy atom. The second kappa shape index (κ2) is 6.64. The van der Waals surface area contributed by atoms with Gasteiger partial charge >= 0.3 is 12.1 Å². The smallest absolute Gasteiger partial charge is 0.475 e. The molecule has 0 saturated heterocycles. The summed E-state index contributed by atoms with van der Waals surface area (Å²) >= 11 is 5.57. The van der Waals surface area contributed by atoms with Crippen LogP contribution in [-0.4, -0.2) is 28.2 Å². The molecule has 5 N–H and O–H groups in total. The first kappa shape index (κ1) is 16.0. The Kier molecular flexibility index (Phi) is 5.89. The minimum absolute atomic E-state index is 0.0141. The van der Waals surface area contributed by atoms with E-state index >= 15 is 0 Å². The second-order valence-corrected chi connectivity index (χ2v) is 3.11. The number of nitrogens with two attached hydrogens (primary N) is 2. The Bertz CT molecular complexity index is 429. The van der Waals surface area contributed by atoms with Crippen molar-refractivity contribution in [3.8, 4) is 0 Å². The molecule has 0 aliphatic heterocycles. The third kappa shape index (κ3) is 7.28. The SMILES string of the molecule is NC(N)=Nc1ccc(Cl)cn1.O=C(O)C(F)(F)F. The van der Waals surface area contributed by atoms with E-state index in [9.17, 15) is 13.2 Å². The minimum Gasteiger partial charge on any atom is -0.475 e. The molecule has 0 radical (unpaired) electrons. The first-order valence-electron chi connectivity index (χ1n) is 4.14. The zero-order valence-electron chi connectivity index (χ0n) is 8.65. The molecule has 100 valence electrons. The second-order valence-electron chi connectivity index (χ2n) is 2.67.